The molecule has 2 saturated heterocycles. The molecule has 3 atom stereocenters. The molecule has 6 heteroatoms. The van der Waals surface area contributed by atoms with Crippen LogP contribution in [0, 0.1) is 0 Å². The van der Waals surface area contributed by atoms with Crippen LogP contribution in [0.1, 0.15) is 46.5 Å². The number of carbonyl (C=O) groups excluding carboxylic acids is 1. The molecule has 122 valence electrons. The zero-order valence-electron chi connectivity index (χ0n) is 13.1. The lowest BCUT2D eigenvalue weighted by Gasteiger charge is -2.38. The van der Waals surface area contributed by atoms with E-state index in [1.165, 1.54) is 0 Å². The minimum atomic E-state index is -0.457. The second-order valence-corrected chi connectivity index (χ2v) is 8.30. The number of likely N-dealkylation sites (tertiary alicyclic amines) is 1. The molecule has 0 saturated carbocycles. The zero-order valence-corrected chi connectivity index (χ0v) is 15.3. The number of hydrogen-bond donors (Lipinski definition) is 0. The third-order valence-electron chi connectivity index (χ3n) is 3.59. The van der Waals surface area contributed by atoms with E-state index < -0.39 is 5.60 Å². The maximum absolute atomic E-state index is 12.2. The van der Waals surface area contributed by atoms with Crippen LogP contribution in [0.2, 0.25) is 0 Å². The van der Waals surface area contributed by atoms with Gasteiger partial charge in [0.25, 0.3) is 0 Å². The fraction of sp³-hybridized carbons (Fsp3) is 0.933. The summed E-state index contributed by atoms with van der Waals surface area (Å²) in [7, 11) is 0. The van der Waals surface area contributed by atoms with Crippen molar-refractivity contribution in [1.29, 1.82) is 0 Å². The SMILES string of the molecule is CC(C)(C)OC(=O)N1CCC(I)C(OC2CCCCO2)C1. The Bertz CT molecular complexity index is 352. The summed E-state index contributed by atoms with van der Waals surface area (Å²) in [6, 6.07) is 0. The predicted octanol–water partition coefficient (Wildman–Crippen LogP) is 3.34. The number of ether oxygens (including phenoxy) is 3. The van der Waals surface area contributed by atoms with Gasteiger partial charge in [0.2, 0.25) is 0 Å². The Hall–Kier alpha value is -0.0800. The highest BCUT2D eigenvalue weighted by atomic mass is 127. The van der Waals surface area contributed by atoms with Gasteiger partial charge in [-0.3, -0.25) is 0 Å². The van der Waals surface area contributed by atoms with Crippen molar-refractivity contribution in [1.82, 2.24) is 4.90 Å². The molecule has 2 aliphatic heterocycles. The molecule has 5 nitrogen and oxygen atoms in total. The van der Waals surface area contributed by atoms with Crippen LogP contribution in [0.15, 0.2) is 0 Å². The number of piperidine rings is 1. The molecule has 0 radical (unpaired) electrons. The van der Waals surface area contributed by atoms with Crippen molar-refractivity contribution < 1.29 is 19.0 Å². The number of halogens is 1. The van der Waals surface area contributed by atoms with Crippen LogP contribution in [-0.4, -0.2) is 52.6 Å². The summed E-state index contributed by atoms with van der Waals surface area (Å²) in [6.45, 7) is 7.76. The van der Waals surface area contributed by atoms with Crippen LogP contribution in [-0.2, 0) is 14.2 Å². The maximum Gasteiger partial charge on any atom is 0.410 e. The van der Waals surface area contributed by atoms with Gasteiger partial charge >= 0.3 is 6.09 Å². The van der Waals surface area contributed by atoms with Crippen molar-refractivity contribution in [2.45, 2.75) is 68.4 Å². The van der Waals surface area contributed by atoms with Gasteiger partial charge in [0.05, 0.1) is 12.6 Å². The fourth-order valence-electron chi connectivity index (χ4n) is 2.52. The number of rotatable bonds is 2. The van der Waals surface area contributed by atoms with Crippen LogP contribution in [0.3, 0.4) is 0 Å². The Morgan fingerprint density at radius 1 is 1.29 bits per heavy atom. The first-order chi connectivity index (χ1) is 9.85. The Balaban J connectivity index is 1.87. The molecular formula is C15H26INO4. The summed E-state index contributed by atoms with van der Waals surface area (Å²) in [5.41, 5.74) is -0.457. The van der Waals surface area contributed by atoms with Gasteiger partial charge in [-0.25, -0.2) is 4.79 Å². The standard InChI is InChI=1S/C15H26INO4/c1-15(2,3)21-14(18)17-8-7-11(16)12(10-17)20-13-6-4-5-9-19-13/h11-13H,4-10H2,1-3H3. The normalized spacial score (nSPS) is 31.0. The van der Waals surface area contributed by atoms with Crippen LogP contribution in [0.4, 0.5) is 4.79 Å². The molecule has 3 unspecified atom stereocenters. The number of nitrogens with zero attached hydrogens (tertiary/aromatic N) is 1. The second-order valence-electron chi connectivity index (χ2n) is 6.70. The van der Waals surface area contributed by atoms with Gasteiger partial charge in [-0.15, -0.1) is 0 Å². The van der Waals surface area contributed by atoms with E-state index in [4.69, 9.17) is 14.2 Å². The minimum absolute atomic E-state index is 0.0231. The van der Waals surface area contributed by atoms with E-state index in [2.05, 4.69) is 22.6 Å². The summed E-state index contributed by atoms with van der Waals surface area (Å²) >= 11 is 2.42. The minimum Gasteiger partial charge on any atom is -0.444 e. The molecule has 0 N–H and O–H groups in total. The molecule has 0 aromatic rings. The van der Waals surface area contributed by atoms with E-state index in [0.717, 1.165) is 38.8 Å². The fourth-order valence-corrected chi connectivity index (χ4v) is 3.20. The lowest BCUT2D eigenvalue weighted by molar-refractivity contribution is -0.193. The molecular weight excluding hydrogens is 385 g/mol. The van der Waals surface area contributed by atoms with Crippen LogP contribution < -0.4 is 0 Å². The number of hydrogen-bond acceptors (Lipinski definition) is 4. The average molecular weight is 411 g/mol. The van der Waals surface area contributed by atoms with Gasteiger partial charge in [0, 0.05) is 17.1 Å². The van der Waals surface area contributed by atoms with Crippen molar-refractivity contribution in [3.8, 4) is 0 Å². The summed E-state index contributed by atoms with van der Waals surface area (Å²) < 4.78 is 17.6. The largest absolute Gasteiger partial charge is 0.444 e. The van der Waals surface area contributed by atoms with Crippen molar-refractivity contribution in [3.63, 3.8) is 0 Å². The number of amides is 1. The molecule has 2 fully saturated rings. The van der Waals surface area contributed by atoms with E-state index in [1.54, 1.807) is 4.90 Å². The average Bonchev–Trinajstić information content (AvgIpc) is 2.40. The molecule has 0 bridgehead atoms. The number of alkyl halides is 1. The Kier molecular flexibility index (Phi) is 6.14. The Labute approximate surface area is 140 Å². The first-order valence-electron chi connectivity index (χ1n) is 7.74. The van der Waals surface area contributed by atoms with Gasteiger partial charge in [0.15, 0.2) is 6.29 Å². The summed E-state index contributed by atoms with van der Waals surface area (Å²) in [6.07, 6.45) is 3.81. The first-order valence-corrected chi connectivity index (χ1v) is 8.99. The smallest absolute Gasteiger partial charge is 0.410 e. The Morgan fingerprint density at radius 2 is 2.05 bits per heavy atom. The van der Waals surface area contributed by atoms with Gasteiger partial charge in [-0.05, 0) is 46.5 Å². The highest BCUT2D eigenvalue weighted by molar-refractivity contribution is 14.1. The molecule has 1 amide bonds. The van der Waals surface area contributed by atoms with Gasteiger partial charge in [-0.1, -0.05) is 22.6 Å². The topological polar surface area (TPSA) is 48.0 Å². The molecule has 2 rings (SSSR count). The van der Waals surface area contributed by atoms with E-state index in [0.29, 0.717) is 10.5 Å². The number of carbonyl (C=O) groups is 1. The Morgan fingerprint density at radius 3 is 2.67 bits per heavy atom. The van der Waals surface area contributed by atoms with Crippen molar-refractivity contribution >= 4 is 28.7 Å². The van der Waals surface area contributed by atoms with Crippen LogP contribution in [0.5, 0.6) is 0 Å². The highest BCUT2D eigenvalue weighted by Gasteiger charge is 2.34. The summed E-state index contributed by atoms with van der Waals surface area (Å²) in [5, 5.41) is 0. The van der Waals surface area contributed by atoms with E-state index in [1.807, 2.05) is 20.8 Å². The molecule has 2 aliphatic rings. The quantitative estimate of drug-likeness (QED) is 0.517. The van der Waals surface area contributed by atoms with Crippen molar-refractivity contribution in [2.75, 3.05) is 19.7 Å². The van der Waals surface area contributed by atoms with Crippen molar-refractivity contribution in [3.05, 3.63) is 0 Å². The monoisotopic (exact) mass is 411 g/mol. The van der Waals surface area contributed by atoms with Gasteiger partial charge in [-0.2, -0.15) is 0 Å². The summed E-state index contributed by atoms with van der Waals surface area (Å²) in [4.78, 5) is 13.9. The highest BCUT2D eigenvalue weighted by Crippen LogP contribution is 2.26. The summed E-state index contributed by atoms with van der Waals surface area (Å²) in [5.74, 6) is 0. The lowest BCUT2D eigenvalue weighted by Crippen LogP contribution is -2.50. The predicted molar refractivity (Wildman–Crippen MR) is 88.7 cm³/mol. The van der Waals surface area contributed by atoms with Crippen LogP contribution >= 0.6 is 22.6 Å². The molecule has 0 aromatic carbocycles. The first kappa shape index (κ1) is 17.3. The zero-order chi connectivity index (χ0) is 15.5. The molecule has 21 heavy (non-hydrogen) atoms. The van der Waals surface area contributed by atoms with Crippen LogP contribution in [0.25, 0.3) is 0 Å². The van der Waals surface area contributed by atoms with E-state index >= 15 is 0 Å². The van der Waals surface area contributed by atoms with Crippen molar-refractivity contribution in [2.24, 2.45) is 0 Å². The molecule has 0 spiro atoms. The third kappa shape index (κ3) is 5.56. The van der Waals surface area contributed by atoms with Gasteiger partial charge in [0.1, 0.15) is 5.60 Å². The van der Waals surface area contributed by atoms with E-state index in [-0.39, 0.29) is 18.5 Å². The van der Waals surface area contributed by atoms with Gasteiger partial charge < -0.3 is 19.1 Å². The molecule has 2 heterocycles. The second kappa shape index (κ2) is 7.46. The maximum atomic E-state index is 12.2. The molecule has 0 aromatic heterocycles. The third-order valence-corrected chi connectivity index (χ3v) is 5.02. The molecule has 0 aliphatic carbocycles. The van der Waals surface area contributed by atoms with E-state index in [9.17, 15) is 4.79 Å². The lowest BCUT2D eigenvalue weighted by atomic mass is 10.1.